The average molecular weight is 192 g/mol. The van der Waals surface area contributed by atoms with Gasteiger partial charge in [0.1, 0.15) is 5.15 Å². The van der Waals surface area contributed by atoms with Crippen molar-refractivity contribution in [1.82, 2.24) is 4.98 Å². The third-order valence-electron chi connectivity index (χ3n) is 1.21. The lowest BCUT2D eigenvalue weighted by Crippen LogP contribution is -2.07. The van der Waals surface area contributed by atoms with Gasteiger partial charge in [-0.3, -0.25) is 0 Å². The number of aromatic nitrogens is 1. The van der Waals surface area contributed by atoms with Gasteiger partial charge in [0.2, 0.25) is 0 Å². The van der Waals surface area contributed by atoms with Gasteiger partial charge in [-0.1, -0.05) is 22.9 Å². The van der Waals surface area contributed by atoms with Crippen LogP contribution in [0, 0.1) is 0 Å². The molecule has 0 radical (unpaired) electrons. The quantitative estimate of drug-likeness (QED) is 0.767. The average Bonchev–Trinajstić information content (AvgIpc) is 2.31. The van der Waals surface area contributed by atoms with Crippen LogP contribution in [0.15, 0.2) is 0 Å². The largest absolute Gasteiger partial charge is 0.354 e. The monoisotopic (exact) mass is 191 g/mol. The van der Waals surface area contributed by atoms with Gasteiger partial charge in [-0.2, -0.15) is 0 Å². The molecule has 0 aliphatic heterocycles. The summed E-state index contributed by atoms with van der Waals surface area (Å²) in [5.41, 5.74) is 5.43. The smallest absolute Gasteiger partial charge is 0.186 e. The molecule has 0 spiro atoms. The summed E-state index contributed by atoms with van der Waals surface area (Å²) in [6.07, 6.45) is 0. The Morgan fingerprint density at radius 1 is 1.64 bits per heavy atom. The van der Waals surface area contributed by atoms with E-state index in [1.165, 1.54) is 11.3 Å². The number of thiazole rings is 1. The number of halogens is 1. The Bertz CT molecular complexity index is 246. The van der Waals surface area contributed by atoms with E-state index in [-0.39, 0.29) is 0 Å². The lowest BCUT2D eigenvalue weighted by atomic mass is 10.6. The van der Waals surface area contributed by atoms with Gasteiger partial charge >= 0.3 is 0 Å². The molecule has 0 aliphatic rings. The Morgan fingerprint density at radius 3 is 2.55 bits per heavy atom. The van der Waals surface area contributed by atoms with Crippen molar-refractivity contribution in [3.8, 4) is 0 Å². The van der Waals surface area contributed by atoms with Crippen LogP contribution in [-0.4, -0.2) is 19.1 Å². The molecule has 3 nitrogen and oxygen atoms in total. The van der Waals surface area contributed by atoms with E-state index in [1.807, 2.05) is 19.0 Å². The van der Waals surface area contributed by atoms with Gasteiger partial charge in [-0.25, -0.2) is 4.98 Å². The number of rotatable bonds is 2. The second kappa shape index (κ2) is 3.38. The molecule has 5 heteroatoms. The van der Waals surface area contributed by atoms with E-state index in [2.05, 4.69) is 4.98 Å². The van der Waals surface area contributed by atoms with Crippen molar-refractivity contribution in [2.24, 2.45) is 5.73 Å². The molecule has 0 atom stereocenters. The number of nitrogens with two attached hydrogens (primary N) is 1. The van der Waals surface area contributed by atoms with Crippen molar-refractivity contribution in [2.45, 2.75) is 6.54 Å². The van der Waals surface area contributed by atoms with Crippen LogP contribution in [0.5, 0.6) is 0 Å². The Labute approximate surface area is 74.8 Å². The van der Waals surface area contributed by atoms with Crippen molar-refractivity contribution < 1.29 is 0 Å². The first-order valence-electron chi connectivity index (χ1n) is 3.17. The first kappa shape index (κ1) is 8.77. The second-order valence-corrected chi connectivity index (χ2v) is 3.73. The van der Waals surface area contributed by atoms with Crippen LogP contribution in [0.3, 0.4) is 0 Å². The van der Waals surface area contributed by atoms with Crippen LogP contribution in [-0.2, 0) is 6.54 Å². The Kier molecular flexibility index (Phi) is 2.70. The zero-order chi connectivity index (χ0) is 8.43. The predicted molar refractivity (Wildman–Crippen MR) is 49.3 cm³/mol. The maximum Gasteiger partial charge on any atom is 0.186 e. The molecular formula is C6H10ClN3S. The van der Waals surface area contributed by atoms with Gasteiger partial charge in [0, 0.05) is 20.6 Å². The topological polar surface area (TPSA) is 42.2 Å². The van der Waals surface area contributed by atoms with E-state index in [4.69, 9.17) is 17.3 Å². The summed E-state index contributed by atoms with van der Waals surface area (Å²) < 4.78 is 0. The predicted octanol–water partition coefficient (Wildman–Crippen LogP) is 1.32. The number of hydrogen-bond acceptors (Lipinski definition) is 4. The van der Waals surface area contributed by atoms with E-state index in [0.29, 0.717) is 11.7 Å². The first-order valence-corrected chi connectivity index (χ1v) is 4.37. The first-order chi connectivity index (χ1) is 5.15. The molecule has 1 heterocycles. The molecule has 0 amide bonds. The molecule has 11 heavy (non-hydrogen) atoms. The molecule has 0 unspecified atom stereocenters. The van der Waals surface area contributed by atoms with Crippen LogP contribution in [0.25, 0.3) is 0 Å². The maximum absolute atomic E-state index is 5.78. The molecule has 0 bridgehead atoms. The summed E-state index contributed by atoms with van der Waals surface area (Å²) in [6, 6.07) is 0. The van der Waals surface area contributed by atoms with E-state index in [9.17, 15) is 0 Å². The minimum atomic E-state index is 0.463. The highest BCUT2D eigenvalue weighted by molar-refractivity contribution is 7.16. The van der Waals surface area contributed by atoms with Crippen molar-refractivity contribution in [3.63, 3.8) is 0 Å². The summed E-state index contributed by atoms with van der Waals surface area (Å²) in [6.45, 7) is 0.463. The SMILES string of the molecule is CN(C)c1nc(Cl)c(CN)s1. The fourth-order valence-corrected chi connectivity index (χ4v) is 1.71. The van der Waals surface area contributed by atoms with E-state index >= 15 is 0 Å². The lowest BCUT2D eigenvalue weighted by molar-refractivity contribution is 1.08. The molecule has 2 N–H and O–H groups in total. The highest BCUT2D eigenvalue weighted by Gasteiger charge is 2.07. The van der Waals surface area contributed by atoms with Gasteiger partial charge in [-0.15, -0.1) is 0 Å². The van der Waals surface area contributed by atoms with E-state index in [1.54, 1.807) is 0 Å². The van der Waals surface area contributed by atoms with Crippen molar-refractivity contribution >= 4 is 28.1 Å². The van der Waals surface area contributed by atoms with Crippen LogP contribution in [0.1, 0.15) is 4.88 Å². The van der Waals surface area contributed by atoms with Gasteiger partial charge in [0.25, 0.3) is 0 Å². The molecule has 0 saturated carbocycles. The summed E-state index contributed by atoms with van der Waals surface area (Å²) >= 11 is 7.31. The third-order valence-corrected chi connectivity index (χ3v) is 2.88. The number of nitrogens with zero attached hydrogens (tertiary/aromatic N) is 2. The third kappa shape index (κ3) is 1.83. The Balaban J connectivity index is 2.95. The molecule has 1 aromatic heterocycles. The molecule has 62 valence electrons. The second-order valence-electron chi connectivity index (χ2n) is 2.31. The van der Waals surface area contributed by atoms with Crippen LogP contribution < -0.4 is 10.6 Å². The van der Waals surface area contributed by atoms with Crippen molar-refractivity contribution in [2.75, 3.05) is 19.0 Å². The molecule has 0 fully saturated rings. The van der Waals surface area contributed by atoms with Crippen molar-refractivity contribution in [3.05, 3.63) is 10.0 Å². The Morgan fingerprint density at radius 2 is 2.27 bits per heavy atom. The fraction of sp³-hybridized carbons (Fsp3) is 0.500. The zero-order valence-corrected chi connectivity index (χ0v) is 8.04. The number of hydrogen-bond donors (Lipinski definition) is 1. The highest BCUT2D eigenvalue weighted by Crippen LogP contribution is 2.27. The van der Waals surface area contributed by atoms with Gasteiger partial charge in [0.15, 0.2) is 5.13 Å². The van der Waals surface area contributed by atoms with E-state index in [0.717, 1.165) is 10.0 Å². The molecule has 0 aromatic carbocycles. The maximum atomic E-state index is 5.78. The van der Waals surface area contributed by atoms with Crippen LogP contribution in [0.4, 0.5) is 5.13 Å². The molecule has 0 aliphatic carbocycles. The van der Waals surface area contributed by atoms with Gasteiger partial charge < -0.3 is 10.6 Å². The standard InChI is InChI=1S/C6H10ClN3S/c1-10(2)6-9-5(7)4(3-8)11-6/h3,8H2,1-2H3. The zero-order valence-electron chi connectivity index (χ0n) is 6.47. The van der Waals surface area contributed by atoms with Gasteiger partial charge in [-0.05, 0) is 0 Å². The van der Waals surface area contributed by atoms with Crippen LogP contribution in [0.2, 0.25) is 5.15 Å². The lowest BCUT2D eigenvalue weighted by Gasteiger charge is -2.04. The molecule has 0 saturated heterocycles. The summed E-state index contributed by atoms with van der Waals surface area (Å²) in [4.78, 5) is 6.96. The van der Waals surface area contributed by atoms with Crippen molar-refractivity contribution in [1.29, 1.82) is 0 Å². The van der Waals surface area contributed by atoms with Gasteiger partial charge in [0.05, 0.1) is 4.88 Å². The number of anilines is 1. The Hall–Kier alpha value is -0.320. The minimum absolute atomic E-state index is 0.463. The normalized spacial score (nSPS) is 10.2. The summed E-state index contributed by atoms with van der Waals surface area (Å²) in [7, 11) is 3.85. The summed E-state index contributed by atoms with van der Waals surface area (Å²) in [5.74, 6) is 0. The molecule has 1 aromatic rings. The van der Waals surface area contributed by atoms with E-state index < -0.39 is 0 Å². The van der Waals surface area contributed by atoms with Crippen LogP contribution >= 0.6 is 22.9 Å². The fourth-order valence-electron chi connectivity index (χ4n) is 0.639. The molecular weight excluding hydrogens is 182 g/mol. The minimum Gasteiger partial charge on any atom is -0.354 e. The summed E-state index contributed by atoms with van der Waals surface area (Å²) in [5, 5.41) is 1.43. The highest BCUT2D eigenvalue weighted by atomic mass is 35.5. The molecule has 1 rings (SSSR count).